The van der Waals surface area contributed by atoms with Crippen LogP contribution in [0.15, 0.2) is 54.1 Å². The molecule has 0 unspecified atom stereocenters. The third kappa shape index (κ3) is 4.68. The maximum absolute atomic E-state index is 13.1. The summed E-state index contributed by atoms with van der Waals surface area (Å²) in [6.07, 6.45) is 2.52. The number of hydrogen-bond acceptors (Lipinski definition) is 4. The minimum Gasteiger partial charge on any atom is -0.372 e. The molecule has 162 valence electrons. The summed E-state index contributed by atoms with van der Waals surface area (Å²) >= 11 is 0. The lowest BCUT2D eigenvalue weighted by Gasteiger charge is -2.26. The average Bonchev–Trinajstić information content (AvgIpc) is 2.78. The van der Waals surface area contributed by atoms with Crippen LogP contribution >= 0.6 is 0 Å². The van der Waals surface area contributed by atoms with Crippen LogP contribution < -0.4 is 15.1 Å². The van der Waals surface area contributed by atoms with Gasteiger partial charge in [-0.15, -0.1) is 0 Å². The second-order valence-electron chi connectivity index (χ2n) is 7.62. The number of nitrogens with one attached hydrogen (secondary N) is 1. The molecule has 1 heterocycles. The average molecular weight is 420 g/mol. The Hall–Kier alpha value is -3.41. The Kier molecular flexibility index (Phi) is 6.90. The molecule has 2 aromatic rings. The lowest BCUT2D eigenvalue weighted by atomic mass is 9.98. The largest absolute Gasteiger partial charge is 0.372 e. The van der Waals surface area contributed by atoms with E-state index in [0.29, 0.717) is 11.6 Å². The first kappa shape index (κ1) is 22.3. The predicted molar refractivity (Wildman–Crippen MR) is 124 cm³/mol. The first-order chi connectivity index (χ1) is 14.9. The van der Waals surface area contributed by atoms with Gasteiger partial charge < -0.3 is 4.90 Å². The number of urea groups is 1. The second-order valence-corrected chi connectivity index (χ2v) is 7.62. The van der Waals surface area contributed by atoms with Gasteiger partial charge in [0.15, 0.2) is 0 Å². The third-order valence-electron chi connectivity index (χ3n) is 5.77. The number of carbonyl (C=O) groups excluding carboxylic acids is 3. The topological polar surface area (TPSA) is 69.7 Å². The smallest absolute Gasteiger partial charge is 0.335 e. The van der Waals surface area contributed by atoms with E-state index in [1.165, 1.54) is 6.08 Å². The molecule has 1 fully saturated rings. The van der Waals surface area contributed by atoms with Gasteiger partial charge in [-0.3, -0.25) is 14.9 Å². The second kappa shape index (κ2) is 9.60. The first-order valence-corrected chi connectivity index (χ1v) is 10.8. The Morgan fingerprint density at radius 3 is 2.10 bits per heavy atom. The fraction of sp³-hybridized carbons (Fsp3) is 0.320. The zero-order valence-electron chi connectivity index (χ0n) is 18.5. The maximum atomic E-state index is 13.1. The molecule has 1 aliphatic heterocycles. The molecule has 0 radical (unpaired) electrons. The van der Waals surface area contributed by atoms with Crippen LogP contribution in [0.1, 0.15) is 51.2 Å². The number of benzene rings is 2. The molecular formula is C25H29N3O3. The Labute approximate surface area is 183 Å². The highest BCUT2D eigenvalue weighted by Crippen LogP contribution is 2.26. The molecule has 2 aromatic carbocycles. The van der Waals surface area contributed by atoms with Gasteiger partial charge in [-0.05, 0) is 67.7 Å². The zero-order chi connectivity index (χ0) is 22.5. The van der Waals surface area contributed by atoms with Crippen molar-refractivity contribution in [1.82, 2.24) is 5.32 Å². The molecule has 0 spiro atoms. The highest BCUT2D eigenvalue weighted by atomic mass is 16.2. The van der Waals surface area contributed by atoms with E-state index in [1.807, 2.05) is 36.4 Å². The van der Waals surface area contributed by atoms with E-state index in [4.69, 9.17) is 0 Å². The van der Waals surface area contributed by atoms with Crippen molar-refractivity contribution in [3.8, 4) is 0 Å². The summed E-state index contributed by atoms with van der Waals surface area (Å²) < 4.78 is 0. The van der Waals surface area contributed by atoms with Gasteiger partial charge in [-0.25, -0.2) is 9.69 Å². The molecule has 1 atom stereocenters. The van der Waals surface area contributed by atoms with Gasteiger partial charge in [0, 0.05) is 18.8 Å². The number of imide groups is 2. The molecule has 1 saturated heterocycles. The Balaban J connectivity index is 1.88. The molecule has 3 rings (SSSR count). The number of rotatable bonds is 7. The van der Waals surface area contributed by atoms with E-state index in [9.17, 15) is 14.4 Å². The summed E-state index contributed by atoms with van der Waals surface area (Å²) in [5, 5.41) is 2.28. The van der Waals surface area contributed by atoms with Gasteiger partial charge in [0.2, 0.25) is 0 Å². The van der Waals surface area contributed by atoms with Crippen molar-refractivity contribution < 1.29 is 14.4 Å². The number of barbiturate groups is 1. The van der Waals surface area contributed by atoms with Crippen LogP contribution in [0, 0.1) is 0 Å². The van der Waals surface area contributed by atoms with Crippen molar-refractivity contribution in [3.63, 3.8) is 0 Å². The van der Waals surface area contributed by atoms with Gasteiger partial charge in [0.25, 0.3) is 11.8 Å². The van der Waals surface area contributed by atoms with E-state index < -0.39 is 17.8 Å². The fourth-order valence-electron chi connectivity index (χ4n) is 3.62. The molecule has 6 nitrogen and oxygen atoms in total. The maximum Gasteiger partial charge on any atom is 0.335 e. The van der Waals surface area contributed by atoms with Crippen molar-refractivity contribution >= 4 is 35.3 Å². The third-order valence-corrected chi connectivity index (χ3v) is 5.77. The van der Waals surface area contributed by atoms with Crippen LogP contribution in [0.4, 0.5) is 16.2 Å². The van der Waals surface area contributed by atoms with E-state index in [1.54, 1.807) is 12.1 Å². The Morgan fingerprint density at radius 1 is 0.935 bits per heavy atom. The Morgan fingerprint density at radius 2 is 1.55 bits per heavy atom. The van der Waals surface area contributed by atoms with Gasteiger partial charge in [-0.2, -0.15) is 0 Å². The van der Waals surface area contributed by atoms with E-state index in [2.05, 4.69) is 37.9 Å². The normalized spacial score (nSPS) is 16.5. The quantitative estimate of drug-likeness (QED) is 0.521. The predicted octanol–water partition coefficient (Wildman–Crippen LogP) is 4.71. The highest BCUT2D eigenvalue weighted by Gasteiger charge is 2.36. The van der Waals surface area contributed by atoms with E-state index in [0.717, 1.165) is 41.2 Å². The molecule has 0 bridgehead atoms. The van der Waals surface area contributed by atoms with Gasteiger partial charge in [-0.1, -0.05) is 38.1 Å². The van der Waals surface area contributed by atoms with Crippen molar-refractivity contribution in [2.45, 2.75) is 40.0 Å². The van der Waals surface area contributed by atoms with Gasteiger partial charge in [0.1, 0.15) is 5.57 Å². The van der Waals surface area contributed by atoms with Crippen LogP contribution in [0.25, 0.3) is 6.08 Å². The monoisotopic (exact) mass is 419 g/mol. The van der Waals surface area contributed by atoms with Crippen LogP contribution in [-0.2, 0) is 9.59 Å². The van der Waals surface area contributed by atoms with Crippen LogP contribution in [0.5, 0.6) is 0 Å². The van der Waals surface area contributed by atoms with Crippen LogP contribution in [0.2, 0.25) is 0 Å². The van der Waals surface area contributed by atoms with E-state index >= 15 is 0 Å². The van der Waals surface area contributed by atoms with Crippen molar-refractivity contribution in [2.24, 2.45) is 0 Å². The molecule has 31 heavy (non-hydrogen) atoms. The number of amides is 4. The molecule has 0 aliphatic carbocycles. The molecule has 1 N–H and O–H groups in total. The first-order valence-electron chi connectivity index (χ1n) is 10.8. The minimum absolute atomic E-state index is 0.0683. The summed E-state index contributed by atoms with van der Waals surface area (Å²) in [5.74, 6) is -0.926. The lowest BCUT2D eigenvalue weighted by Crippen LogP contribution is -2.54. The van der Waals surface area contributed by atoms with E-state index in [-0.39, 0.29) is 5.57 Å². The summed E-state index contributed by atoms with van der Waals surface area (Å²) in [7, 11) is 0. The van der Waals surface area contributed by atoms with Gasteiger partial charge >= 0.3 is 6.03 Å². The number of carbonyl (C=O) groups is 3. The summed E-state index contributed by atoms with van der Waals surface area (Å²) in [5.41, 5.74) is 3.29. The van der Waals surface area contributed by atoms with Crippen molar-refractivity contribution in [1.29, 1.82) is 0 Å². The SMILES string of the molecule is CC[C@@H](C)c1ccc(N2C(=O)NC(=O)/C(=C/c3ccc(N(CC)CC)cc3)C2=O)cc1. The number of hydrogen-bond donors (Lipinski definition) is 1. The summed E-state index contributed by atoms with van der Waals surface area (Å²) in [6, 6.07) is 14.2. The molecule has 0 aromatic heterocycles. The number of nitrogens with zero attached hydrogens (tertiary/aromatic N) is 2. The zero-order valence-corrected chi connectivity index (χ0v) is 18.5. The summed E-state index contributed by atoms with van der Waals surface area (Å²) in [4.78, 5) is 41.1. The summed E-state index contributed by atoms with van der Waals surface area (Å²) in [6.45, 7) is 10.2. The lowest BCUT2D eigenvalue weighted by molar-refractivity contribution is -0.122. The van der Waals surface area contributed by atoms with Crippen LogP contribution in [0.3, 0.4) is 0 Å². The minimum atomic E-state index is -0.736. The highest BCUT2D eigenvalue weighted by molar-refractivity contribution is 6.39. The standard InChI is InChI=1S/C25H29N3O3/c1-5-17(4)19-10-14-21(15-11-19)28-24(30)22(23(29)26-25(28)31)16-18-8-12-20(13-9-18)27(6-2)7-3/h8-17H,5-7H2,1-4H3,(H,26,29,31)/b22-16-/t17-/m1/s1. The molecule has 6 heteroatoms. The number of anilines is 2. The molecule has 0 saturated carbocycles. The van der Waals surface area contributed by atoms with Crippen molar-refractivity contribution in [3.05, 3.63) is 65.2 Å². The van der Waals surface area contributed by atoms with Crippen LogP contribution in [-0.4, -0.2) is 30.9 Å². The molecule has 4 amide bonds. The van der Waals surface area contributed by atoms with Crippen molar-refractivity contribution in [2.75, 3.05) is 22.9 Å². The molecular weight excluding hydrogens is 390 g/mol. The Bertz CT molecular complexity index is 990. The molecule has 1 aliphatic rings. The fourth-order valence-corrected chi connectivity index (χ4v) is 3.62. The van der Waals surface area contributed by atoms with Gasteiger partial charge in [0.05, 0.1) is 5.69 Å².